The lowest BCUT2D eigenvalue weighted by molar-refractivity contribution is -0.394. The minimum Gasteiger partial charge on any atom is -0.502 e. The molecule has 2 aromatic carbocycles. The molecule has 16 heteroatoms. The van der Waals surface area contributed by atoms with Crippen LogP contribution in [-0.2, 0) is 9.53 Å². The van der Waals surface area contributed by atoms with E-state index < -0.39 is 44.5 Å². The van der Waals surface area contributed by atoms with Gasteiger partial charge in [0.25, 0.3) is 11.2 Å². The van der Waals surface area contributed by atoms with Gasteiger partial charge in [-0.15, -0.1) is 0 Å². The minimum atomic E-state index is -1.06. The molecule has 0 bridgehead atoms. The van der Waals surface area contributed by atoms with Gasteiger partial charge in [-0.2, -0.15) is 0 Å². The zero-order chi connectivity index (χ0) is 30.2. The number of nitrogens with zero attached hydrogens (tertiary/aromatic N) is 4. The maximum absolute atomic E-state index is 13.9. The maximum atomic E-state index is 13.9. The van der Waals surface area contributed by atoms with Crippen LogP contribution in [0.15, 0.2) is 49.8 Å². The van der Waals surface area contributed by atoms with E-state index in [-0.39, 0.29) is 32.8 Å². The van der Waals surface area contributed by atoms with Crippen molar-refractivity contribution >= 4 is 50.7 Å². The van der Waals surface area contributed by atoms with Gasteiger partial charge in [0.1, 0.15) is 0 Å². The highest BCUT2D eigenvalue weighted by atomic mass is 79.9. The number of hydrogen-bond acceptors (Lipinski definition) is 12. The summed E-state index contributed by atoms with van der Waals surface area (Å²) in [6.45, 7) is 3.28. The second-order valence-electron chi connectivity index (χ2n) is 8.45. The standard InChI is InChI=1S/C25H21BrN4O10S/c1-5-40-24(33)20-11(2)27-25-28(21(20)14-9-17(38-3)18(39-4)10-15(14)26)23(32)19(41-25)7-12-6-13(29(34)35)8-16(22(12)31)30(36)37/h6-10,21,31H,5H2,1-4H3/b19-7-/t21-/m1/s1. The van der Waals surface area contributed by atoms with Crippen LogP contribution in [0.5, 0.6) is 17.2 Å². The van der Waals surface area contributed by atoms with E-state index in [0.717, 1.165) is 23.5 Å². The molecule has 0 saturated heterocycles. The Bertz CT molecular complexity index is 1830. The first kappa shape index (κ1) is 29.4. The number of hydrogen-bond donors (Lipinski definition) is 1. The highest BCUT2D eigenvalue weighted by Crippen LogP contribution is 2.41. The molecule has 1 aliphatic rings. The van der Waals surface area contributed by atoms with Crippen LogP contribution in [0.25, 0.3) is 6.08 Å². The molecule has 0 spiro atoms. The van der Waals surface area contributed by atoms with Gasteiger partial charge >= 0.3 is 11.7 Å². The smallest absolute Gasteiger partial charge is 0.338 e. The average molecular weight is 649 g/mol. The number of fused-ring (bicyclic) bond motifs is 1. The maximum Gasteiger partial charge on any atom is 0.338 e. The van der Waals surface area contributed by atoms with Crippen molar-refractivity contribution in [3.8, 4) is 17.2 Å². The predicted octanol–water partition coefficient (Wildman–Crippen LogP) is 3.10. The lowest BCUT2D eigenvalue weighted by Gasteiger charge is -2.26. The summed E-state index contributed by atoms with van der Waals surface area (Å²) in [5.41, 5.74) is -1.76. The van der Waals surface area contributed by atoms with E-state index in [0.29, 0.717) is 27.6 Å². The lowest BCUT2D eigenvalue weighted by Crippen LogP contribution is -2.40. The summed E-state index contributed by atoms with van der Waals surface area (Å²) >= 11 is 4.36. The molecule has 0 radical (unpaired) electrons. The number of rotatable bonds is 8. The number of esters is 1. The summed E-state index contributed by atoms with van der Waals surface area (Å²) in [6.07, 6.45) is 1.10. The Labute approximate surface area is 242 Å². The number of carbonyl (C=O) groups is 1. The number of halogens is 1. The van der Waals surface area contributed by atoms with Crippen LogP contribution in [0, 0.1) is 20.2 Å². The van der Waals surface area contributed by atoms with Gasteiger partial charge in [-0.3, -0.25) is 29.6 Å². The van der Waals surface area contributed by atoms with E-state index in [2.05, 4.69) is 20.9 Å². The van der Waals surface area contributed by atoms with Crippen molar-refractivity contribution in [2.24, 2.45) is 4.99 Å². The molecule has 214 valence electrons. The van der Waals surface area contributed by atoms with Gasteiger partial charge in [0.15, 0.2) is 16.3 Å². The average Bonchev–Trinajstić information content (AvgIpc) is 3.22. The molecule has 0 unspecified atom stereocenters. The molecule has 1 aliphatic heterocycles. The number of methoxy groups -OCH3 is 2. The zero-order valence-electron chi connectivity index (χ0n) is 21.9. The van der Waals surface area contributed by atoms with Gasteiger partial charge in [0.05, 0.1) is 58.6 Å². The number of nitro groups is 2. The van der Waals surface area contributed by atoms with Crippen molar-refractivity contribution in [3.63, 3.8) is 0 Å². The van der Waals surface area contributed by atoms with Crippen molar-refractivity contribution in [3.05, 3.63) is 91.1 Å². The number of phenols is 1. The summed E-state index contributed by atoms with van der Waals surface area (Å²) in [6, 6.07) is 3.69. The Kier molecular flexibility index (Phi) is 8.25. The van der Waals surface area contributed by atoms with Crippen LogP contribution < -0.4 is 24.4 Å². The first-order valence-electron chi connectivity index (χ1n) is 11.7. The monoisotopic (exact) mass is 648 g/mol. The first-order chi connectivity index (χ1) is 19.4. The Morgan fingerprint density at radius 3 is 2.41 bits per heavy atom. The van der Waals surface area contributed by atoms with E-state index >= 15 is 0 Å². The van der Waals surface area contributed by atoms with E-state index in [9.17, 15) is 34.9 Å². The van der Waals surface area contributed by atoms with Crippen LogP contribution in [0.2, 0.25) is 0 Å². The number of carbonyl (C=O) groups excluding carboxylic acids is 1. The number of nitro benzene ring substituents is 2. The van der Waals surface area contributed by atoms with Crippen LogP contribution in [0.4, 0.5) is 11.4 Å². The predicted molar refractivity (Wildman–Crippen MR) is 149 cm³/mol. The number of non-ortho nitro benzene ring substituents is 1. The number of phenolic OH excluding ortho intramolecular Hbond substituents is 1. The largest absolute Gasteiger partial charge is 0.502 e. The van der Waals surface area contributed by atoms with Crippen LogP contribution >= 0.6 is 27.3 Å². The molecule has 3 aromatic rings. The van der Waals surface area contributed by atoms with E-state index in [1.165, 1.54) is 18.8 Å². The molecule has 0 saturated carbocycles. The Morgan fingerprint density at radius 1 is 1.17 bits per heavy atom. The number of aromatic nitrogens is 1. The number of allylic oxidation sites excluding steroid dienone is 1. The number of benzene rings is 2. The highest BCUT2D eigenvalue weighted by Gasteiger charge is 2.35. The Morgan fingerprint density at radius 2 is 1.83 bits per heavy atom. The fourth-order valence-electron chi connectivity index (χ4n) is 4.29. The quantitative estimate of drug-likeness (QED) is 0.216. The van der Waals surface area contributed by atoms with E-state index in [1.54, 1.807) is 26.0 Å². The molecule has 1 N–H and O–H groups in total. The molecule has 14 nitrogen and oxygen atoms in total. The van der Waals surface area contributed by atoms with E-state index in [4.69, 9.17) is 14.2 Å². The molecule has 4 rings (SSSR count). The molecule has 2 heterocycles. The van der Waals surface area contributed by atoms with Gasteiger partial charge in [-0.05, 0) is 37.6 Å². The van der Waals surface area contributed by atoms with E-state index in [1.807, 2.05) is 0 Å². The summed E-state index contributed by atoms with van der Waals surface area (Å²) in [4.78, 5) is 52.6. The SMILES string of the molecule is CCOC(=O)C1=C(C)N=c2s/c(=C\c3cc([N+](=O)[O-])cc([N+](=O)[O-])c3O)c(=O)n2[C@@H]1c1cc(OC)c(OC)cc1Br. The van der Waals surface area contributed by atoms with Crippen molar-refractivity contribution in [1.29, 1.82) is 0 Å². The van der Waals surface area contributed by atoms with Crippen molar-refractivity contribution in [1.82, 2.24) is 4.57 Å². The molecule has 0 amide bonds. The second kappa shape index (κ2) is 11.5. The molecular formula is C25H21BrN4O10S. The molecule has 0 fully saturated rings. The van der Waals surface area contributed by atoms with Gasteiger partial charge in [-0.1, -0.05) is 27.3 Å². The van der Waals surface area contributed by atoms with Crippen LogP contribution in [-0.4, -0.2) is 46.3 Å². The lowest BCUT2D eigenvalue weighted by atomic mass is 9.95. The molecule has 1 atom stereocenters. The normalized spacial score (nSPS) is 14.8. The third-order valence-corrected chi connectivity index (χ3v) is 7.78. The molecular weight excluding hydrogens is 628 g/mol. The van der Waals surface area contributed by atoms with Crippen molar-refractivity contribution in [2.45, 2.75) is 19.9 Å². The topological polar surface area (TPSA) is 186 Å². The Hall–Kier alpha value is -4.57. The first-order valence-corrected chi connectivity index (χ1v) is 13.3. The summed E-state index contributed by atoms with van der Waals surface area (Å²) in [5.74, 6) is -0.855. The molecule has 41 heavy (non-hydrogen) atoms. The zero-order valence-corrected chi connectivity index (χ0v) is 24.3. The minimum absolute atomic E-state index is 0.0602. The number of ether oxygens (including phenoxy) is 3. The van der Waals surface area contributed by atoms with Crippen molar-refractivity contribution in [2.75, 3.05) is 20.8 Å². The van der Waals surface area contributed by atoms with Gasteiger partial charge in [0.2, 0.25) is 5.75 Å². The highest BCUT2D eigenvalue weighted by molar-refractivity contribution is 9.10. The van der Waals surface area contributed by atoms with Gasteiger partial charge in [0, 0.05) is 16.1 Å². The van der Waals surface area contributed by atoms with Crippen molar-refractivity contribution < 1.29 is 34.0 Å². The second-order valence-corrected chi connectivity index (χ2v) is 10.3. The Balaban J connectivity index is 2.05. The van der Waals surface area contributed by atoms with Gasteiger partial charge in [-0.25, -0.2) is 9.79 Å². The van der Waals surface area contributed by atoms with Gasteiger partial charge < -0.3 is 19.3 Å². The molecule has 1 aromatic heterocycles. The fourth-order valence-corrected chi connectivity index (χ4v) is 5.86. The van der Waals surface area contributed by atoms with Crippen LogP contribution in [0.3, 0.4) is 0 Å². The summed E-state index contributed by atoms with van der Waals surface area (Å²) < 4.78 is 17.7. The van der Waals surface area contributed by atoms with Crippen LogP contribution in [0.1, 0.15) is 31.0 Å². The summed E-state index contributed by atoms with van der Waals surface area (Å²) in [7, 11) is 2.88. The summed E-state index contributed by atoms with van der Waals surface area (Å²) in [5, 5.41) is 33.3. The number of thiazole rings is 1. The third-order valence-electron chi connectivity index (χ3n) is 6.11. The molecule has 0 aliphatic carbocycles. The third kappa shape index (κ3) is 5.30. The fraction of sp³-hybridized carbons (Fsp3) is 0.240. The number of aromatic hydroxyl groups is 1.